The van der Waals surface area contributed by atoms with Crippen molar-refractivity contribution in [2.45, 2.75) is 156 Å². The Morgan fingerprint density at radius 1 is 1.08 bits per heavy atom. The average molecular weight is 747 g/mol. The van der Waals surface area contributed by atoms with Gasteiger partial charge in [-0.3, -0.25) is 14.4 Å². The van der Waals surface area contributed by atoms with Crippen LogP contribution in [0, 0.1) is 64.1 Å². The van der Waals surface area contributed by atoms with E-state index in [-0.39, 0.29) is 53.9 Å². The first-order valence-electron chi connectivity index (χ1n) is 21.4. The fourth-order valence-corrected chi connectivity index (χ4v) is 12.0. The number of hydroxylamine groups is 2. The molecule has 15 atom stereocenters. The van der Waals surface area contributed by atoms with Gasteiger partial charge in [-0.05, 0) is 119 Å². The zero-order valence-electron chi connectivity index (χ0n) is 35.3. The Balaban J connectivity index is 1.33. The molecule has 0 aromatic carbocycles. The van der Waals surface area contributed by atoms with Gasteiger partial charge in [0.15, 0.2) is 0 Å². The molecule has 0 radical (unpaired) electrons. The number of hydrogen-bond acceptors (Lipinski definition) is 8. The van der Waals surface area contributed by atoms with Crippen molar-refractivity contribution in [1.29, 1.82) is 0 Å². The van der Waals surface area contributed by atoms with Crippen LogP contribution in [0.1, 0.15) is 120 Å². The molecule has 10 nitrogen and oxygen atoms in total. The molecule has 0 spiro atoms. The second-order valence-corrected chi connectivity index (χ2v) is 20.3. The summed E-state index contributed by atoms with van der Waals surface area (Å²) in [5.41, 5.74) is 0.407. The summed E-state index contributed by atoms with van der Waals surface area (Å²) in [6, 6.07) is -0.448. The molecule has 306 valence electrons. The summed E-state index contributed by atoms with van der Waals surface area (Å²) in [4.78, 5) is 36.9. The molecule has 2 amide bonds. The minimum absolute atomic E-state index is 0.0247. The number of amides is 2. The molecule has 1 saturated heterocycles. The van der Waals surface area contributed by atoms with E-state index in [9.17, 15) is 19.8 Å². The van der Waals surface area contributed by atoms with Gasteiger partial charge in [0.05, 0.1) is 18.8 Å². The molecule has 5 saturated carbocycles. The van der Waals surface area contributed by atoms with Crippen LogP contribution in [-0.4, -0.2) is 109 Å². The summed E-state index contributed by atoms with van der Waals surface area (Å²) in [7, 11) is 5.96. The fourth-order valence-electron chi connectivity index (χ4n) is 12.0. The third-order valence-corrected chi connectivity index (χ3v) is 15.3. The van der Waals surface area contributed by atoms with Gasteiger partial charge >= 0.3 is 0 Å². The van der Waals surface area contributed by atoms with E-state index in [1.807, 2.05) is 7.11 Å². The van der Waals surface area contributed by atoms with Crippen LogP contribution in [0.5, 0.6) is 0 Å². The van der Waals surface area contributed by atoms with Gasteiger partial charge in [-0.25, -0.2) is 0 Å². The van der Waals surface area contributed by atoms with Gasteiger partial charge in [0.2, 0.25) is 11.8 Å². The Hall–Kier alpha value is -1.30. The number of fused-ring (bicyclic) bond motifs is 2. The molecule has 6 unspecified atom stereocenters. The smallest absolute Gasteiger partial charge is 0.240 e. The number of aliphatic hydroxyl groups excluding tert-OH is 2. The number of methoxy groups -OCH3 is 1. The van der Waals surface area contributed by atoms with Crippen LogP contribution in [0.2, 0.25) is 0 Å². The van der Waals surface area contributed by atoms with Gasteiger partial charge < -0.3 is 30.5 Å². The van der Waals surface area contributed by atoms with Crippen LogP contribution in [0.3, 0.4) is 0 Å². The maximum absolute atomic E-state index is 14.3. The number of nitrogens with zero attached hydrogens (tertiary/aromatic N) is 2. The zero-order valence-corrected chi connectivity index (χ0v) is 35.3. The van der Waals surface area contributed by atoms with Crippen LogP contribution in [0.4, 0.5) is 0 Å². The van der Waals surface area contributed by atoms with Gasteiger partial charge in [-0.1, -0.05) is 61.3 Å². The average Bonchev–Trinajstić information content (AvgIpc) is 3.46. The van der Waals surface area contributed by atoms with Crippen molar-refractivity contribution in [3.63, 3.8) is 0 Å². The lowest BCUT2D eigenvalue weighted by atomic mass is 9.45. The lowest BCUT2D eigenvalue weighted by Crippen LogP contribution is -2.62. The molecule has 1 heterocycles. The zero-order chi connectivity index (χ0) is 39.0. The summed E-state index contributed by atoms with van der Waals surface area (Å²) >= 11 is 0. The Morgan fingerprint density at radius 2 is 1.79 bits per heavy atom. The van der Waals surface area contributed by atoms with Gasteiger partial charge in [0.25, 0.3) is 0 Å². The normalized spacial score (nSPS) is 40.0. The van der Waals surface area contributed by atoms with Crippen LogP contribution in [-0.2, 0) is 19.2 Å². The Kier molecular flexibility index (Phi) is 14.1. The summed E-state index contributed by atoms with van der Waals surface area (Å²) in [5.74, 6) is 2.32. The van der Waals surface area contributed by atoms with Crippen molar-refractivity contribution in [3.05, 3.63) is 0 Å². The summed E-state index contributed by atoms with van der Waals surface area (Å²) in [6.07, 6.45) is 8.64. The first-order chi connectivity index (χ1) is 24.9. The summed E-state index contributed by atoms with van der Waals surface area (Å²) in [5, 5.41) is 30.1. The predicted molar refractivity (Wildman–Crippen MR) is 210 cm³/mol. The number of carbonyl (C=O) groups is 2. The van der Waals surface area contributed by atoms with Crippen LogP contribution in [0.15, 0.2) is 0 Å². The van der Waals surface area contributed by atoms with Crippen molar-refractivity contribution in [3.8, 4) is 0 Å². The second kappa shape index (κ2) is 17.5. The number of likely N-dealkylation sites (N-methyl/N-ethyl adjacent to an activating group) is 1. The highest BCUT2D eigenvalue weighted by molar-refractivity contribution is 5.83. The third kappa shape index (κ3) is 9.30. The maximum atomic E-state index is 14.3. The van der Waals surface area contributed by atoms with E-state index in [1.165, 1.54) is 6.42 Å². The van der Waals surface area contributed by atoms with Crippen LogP contribution < -0.4 is 10.6 Å². The molecular formula is C43H78N4O6. The number of aliphatic hydroxyl groups is 2. The minimum Gasteiger partial charge on any atom is -0.394 e. The lowest BCUT2D eigenvalue weighted by molar-refractivity contribution is -0.193. The molecular weight excluding hydrogens is 668 g/mol. The topological polar surface area (TPSA) is 124 Å². The van der Waals surface area contributed by atoms with Crippen molar-refractivity contribution < 1.29 is 29.4 Å². The highest BCUT2D eigenvalue weighted by atomic mass is 16.7. The van der Waals surface area contributed by atoms with Gasteiger partial charge in [-0.2, -0.15) is 5.06 Å². The van der Waals surface area contributed by atoms with Crippen LogP contribution >= 0.6 is 0 Å². The van der Waals surface area contributed by atoms with Gasteiger partial charge in [-0.15, -0.1) is 0 Å². The Morgan fingerprint density at radius 3 is 2.36 bits per heavy atom. The predicted octanol–water partition coefficient (Wildman–Crippen LogP) is 5.50. The maximum Gasteiger partial charge on any atom is 0.240 e. The molecule has 1 aliphatic heterocycles. The third-order valence-electron chi connectivity index (χ3n) is 15.3. The largest absolute Gasteiger partial charge is 0.394 e. The first-order valence-corrected chi connectivity index (χ1v) is 21.4. The molecule has 5 aliphatic carbocycles. The van der Waals surface area contributed by atoms with Crippen molar-refractivity contribution >= 4 is 11.8 Å². The molecule has 6 aliphatic rings. The Labute approximate surface area is 322 Å². The van der Waals surface area contributed by atoms with E-state index in [0.717, 1.165) is 64.3 Å². The SMILES string of the molecule is CCC[C@@H](CN(C)C)NC(=O)C1CC(C2CCCC(CN3O[C@@H](CO)[C@H]([C@H](C)O)[C@H]3C(=O)N[C@H]3C[C@H]4C[C@@H]([C@@H]3C)C4(C)C)C2OC)CC(C(C)(C)C)C1. The summed E-state index contributed by atoms with van der Waals surface area (Å²) < 4.78 is 6.44. The van der Waals surface area contributed by atoms with E-state index >= 15 is 0 Å². The molecule has 6 fully saturated rings. The van der Waals surface area contributed by atoms with E-state index in [4.69, 9.17) is 9.57 Å². The number of hydrogen-bond donors (Lipinski definition) is 4. The molecule has 4 N–H and O–H groups in total. The van der Waals surface area contributed by atoms with E-state index in [2.05, 4.69) is 78.1 Å². The van der Waals surface area contributed by atoms with Crippen molar-refractivity contribution in [2.75, 3.05) is 40.9 Å². The van der Waals surface area contributed by atoms with Crippen molar-refractivity contribution in [1.82, 2.24) is 20.6 Å². The van der Waals surface area contributed by atoms with E-state index < -0.39 is 24.2 Å². The standard InChI is InChI=1S/C43H78N4O6/c1-12-14-32(23-46(9)10)44-40(50)29-17-28(18-30(19-29)42(4,5)6)33-16-13-15-27(39(33)52-11)22-47-38(37(26(3)49)36(24-48)53-47)41(51)45-35-21-31-20-34(25(35)2)43(31,7)8/h25-39,48-49H,12-24H2,1-11H3,(H,44,50)(H,45,51)/t25-,26-,27?,28?,29?,30?,31+,32-,33?,34-,35-,36-,37-,38-,39?/m0/s1. The highest BCUT2D eigenvalue weighted by Gasteiger charge is 2.58. The second-order valence-electron chi connectivity index (χ2n) is 20.3. The van der Waals surface area contributed by atoms with Crippen LogP contribution in [0.25, 0.3) is 0 Å². The molecule has 0 aromatic heterocycles. The molecule has 6 rings (SSSR count). The van der Waals surface area contributed by atoms with E-state index in [1.54, 1.807) is 12.0 Å². The van der Waals surface area contributed by atoms with Gasteiger partial charge in [0.1, 0.15) is 12.1 Å². The quantitative estimate of drug-likeness (QED) is 0.184. The highest BCUT2D eigenvalue weighted by Crippen LogP contribution is 2.61. The fraction of sp³-hybridized carbons (Fsp3) is 0.953. The minimum atomic E-state index is -0.823. The first kappa shape index (κ1) is 42.8. The summed E-state index contributed by atoms with van der Waals surface area (Å²) in [6.45, 7) is 19.0. The molecule has 2 bridgehead atoms. The Bertz CT molecular complexity index is 1220. The monoisotopic (exact) mass is 747 g/mol. The van der Waals surface area contributed by atoms with E-state index in [0.29, 0.717) is 47.5 Å². The van der Waals surface area contributed by atoms with Gasteiger partial charge in [0, 0.05) is 50.0 Å². The molecule has 53 heavy (non-hydrogen) atoms. The molecule has 0 aromatic rings. The number of carbonyl (C=O) groups excluding carboxylic acids is 2. The number of ether oxygens (including phenoxy) is 1. The van der Waals surface area contributed by atoms with Crippen molar-refractivity contribution in [2.24, 2.45) is 64.1 Å². The number of nitrogens with one attached hydrogen (secondary N) is 2. The number of rotatable bonds is 14. The lowest BCUT2D eigenvalue weighted by Gasteiger charge is -2.62. The molecule has 10 heteroatoms.